The van der Waals surface area contributed by atoms with Crippen LogP contribution >= 0.6 is 11.8 Å². The highest BCUT2D eigenvalue weighted by Gasteiger charge is 2.74. The Morgan fingerprint density at radius 2 is 1.71 bits per heavy atom. The first-order chi connectivity index (χ1) is 19.7. The van der Waals surface area contributed by atoms with Gasteiger partial charge in [-0.3, -0.25) is 14.4 Å². The van der Waals surface area contributed by atoms with Gasteiger partial charge in [-0.15, -0.1) is 11.8 Å². The average molecular weight is 573 g/mol. The Morgan fingerprint density at radius 1 is 0.976 bits per heavy atom. The average Bonchev–Trinajstić information content (AvgIpc) is 3.30. The van der Waals surface area contributed by atoms with E-state index in [1.807, 2.05) is 87.5 Å². The molecule has 1 N–H and O–H groups in total. The summed E-state index contributed by atoms with van der Waals surface area (Å²) in [5.74, 6) is -2.52. The summed E-state index contributed by atoms with van der Waals surface area (Å²) in [4.78, 5) is 46.7. The smallest absolute Gasteiger partial charge is 0.311 e. The third kappa shape index (κ3) is 4.26. The number of esters is 1. The van der Waals surface area contributed by atoms with Crippen LogP contribution in [0, 0.1) is 25.7 Å². The molecule has 0 aromatic heterocycles. The lowest BCUT2D eigenvalue weighted by Gasteiger charge is -2.40. The van der Waals surface area contributed by atoms with Gasteiger partial charge in [-0.05, 0) is 50.3 Å². The van der Waals surface area contributed by atoms with Crippen molar-refractivity contribution in [3.63, 3.8) is 0 Å². The van der Waals surface area contributed by atoms with Gasteiger partial charge in [-0.2, -0.15) is 0 Å². The standard InChI is InChI=1S/C33H36N2O5S/c1-21-12-10-13-22(2)27(21)34-18-11-17-33-25(26-31(39)40-19-9-5-8-16-32(26,3)41-33)29(37)35(28(33)30(34)38)24(20-36)23-14-6-4-7-15-23/h4,6-8,10-17,24-26,28,36H,5,9,18-20H2,1-3H3/b16-8-/t24-,25+,26-,28?,32+,33+/m1/s1. The van der Waals surface area contributed by atoms with Crippen molar-refractivity contribution in [2.75, 3.05) is 24.7 Å². The number of ether oxygens (including phenoxy) is 1. The number of aliphatic hydroxyl groups excluding tert-OH is 1. The van der Waals surface area contributed by atoms with E-state index >= 15 is 0 Å². The van der Waals surface area contributed by atoms with Crippen molar-refractivity contribution in [3.05, 3.63) is 89.5 Å². The van der Waals surface area contributed by atoms with Crippen molar-refractivity contribution >= 4 is 35.2 Å². The SMILES string of the molecule is Cc1cccc(C)c1N1CC=C[C@]23S[C@@]4(C)/C=C\CCCOC(=O)[C@H]4[C@H]2C(=O)N([C@H](CO)c2ccccc2)C3C1=O. The monoisotopic (exact) mass is 572 g/mol. The number of para-hydroxylation sites is 1. The fourth-order valence-electron chi connectivity index (χ4n) is 7.37. The van der Waals surface area contributed by atoms with Gasteiger partial charge in [-0.25, -0.2) is 0 Å². The summed E-state index contributed by atoms with van der Waals surface area (Å²) < 4.78 is 3.96. The van der Waals surface area contributed by atoms with Crippen LogP contribution in [0.1, 0.15) is 42.5 Å². The fourth-order valence-corrected chi connectivity index (χ4v) is 9.51. The van der Waals surface area contributed by atoms with Crippen LogP contribution in [0.15, 0.2) is 72.8 Å². The molecule has 2 saturated heterocycles. The second-order valence-corrected chi connectivity index (χ2v) is 13.4. The molecule has 0 bridgehead atoms. The number of hydrogen-bond donors (Lipinski definition) is 1. The molecule has 2 aromatic rings. The van der Waals surface area contributed by atoms with E-state index in [9.17, 15) is 19.5 Å². The van der Waals surface area contributed by atoms with E-state index in [1.54, 1.807) is 9.80 Å². The Hall–Kier alpha value is -3.36. The molecule has 4 aliphatic rings. The number of likely N-dealkylation sites (tertiary alicyclic amines) is 1. The van der Waals surface area contributed by atoms with Crippen molar-refractivity contribution in [2.24, 2.45) is 11.8 Å². The van der Waals surface area contributed by atoms with Crippen molar-refractivity contribution in [2.45, 2.75) is 55.2 Å². The normalized spacial score (nSPS) is 32.7. The van der Waals surface area contributed by atoms with Gasteiger partial charge < -0.3 is 19.6 Å². The summed E-state index contributed by atoms with van der Waals surface area (Å²) in [6.07, 6.45) is 9.58. The second-order valence-electron chi connectivity index (χ2n) is 11.7. The third-order valence-corrected chi connectivity index (χ3v) is 10.9. The number of amides is 2. The zero-order valence-corrected chi connectivity index (χ0v) is 24.5. The highest BCUT2D eigenvalue weighted by molar-refractivity contribution is 8.02. The van der Waals surface area contributed by atoms with Crippen LogP contribution in [0.5, 0.6) is 0 Å². The van der Waals surface area contributed by atoms with Gasteiger partial charge in [0, 0.05) is 17.0 Å². The van der Waals surface area contributed by atoms with Crippen LogP contribution in [0.3, 0.4) is 0 Å². The predicted octanol–water partition coefficient (Wildman–Crippen LogP) is 4.52. The molecular weight excluding hydrogens is 536 g/mol. The van der Waals surface area contributed by atoms with Crippen molar-refractivity contribution in [3.8, 4) is 0 Å². The first kappa shape index (κ1) is 27.8. The zero-order valence-electron chi connectivity index (χ0n) is 23.7. The van der Waals surface area contributed by atoms with Gasteiger partial charge >= 0.3 is 5.97 Å². The highest BCUT2D eigenvalue weighted by atomic mass is 32.2. The number of carbonyl (C=O) groups excluding carboxylic acids is 3. The van der Waals surface area contributed by atoms with Crippen LogP contribution in [-0.2, 0) is 19.1 Å². The number of hydrogen-bond acceptors (Lipinski definition) is 6. The molecule has 0 aliphatic carbocycles. The number of nitrogens with zero attached hydrogens (tertiary/aromatic N) is 2. The van der Waals surface area contributed by atoms with Crippen molar-refractivity contribution in [1.82, 2.24) is 4.90 Å². The molecule has 6 atom stereocenters. The van der Waals surface area contributed by atoms with Crippen LogP contribution in [0.25, 0.3) is 0 Å². The minimum Gasteiger partial charge on any atom is -0.465 e. The Kier molecular flexibility index (Phi) is 7.10. The molecule has 2 fully saturated rings. The van der Waals surface area contributed by atoms with E-state index < -0.39 is 39.4 Å². The van der Waals surface area contributed by atoms with Crippen molar-refractivity contribution in [1.29, 1.82) is 0 Å². The number of fused-ring (bicyclic) bond motifs is 2. The number of allylic oxidation sites excluding steroid dienone is 1. The molecule has 0 saturated carbocycles. The minimum absolute atomic E-state index is 0.211. The molecule has 41 heavy (non-hydrogen) atoms. The van der Waals surface area contributed by atoms with Crippen LogP contribution in [-0.4, -0.2) is 63.1 Å². The molecule has 7 nitrogen and oxygen atoms in total. The summed E-state index contributed by atoms with van der Waals surface area (Å²) in [5.41, 5.74) is 3.49. The Balaban J connectivity index is 1.56. The first-order valence-corrected chi connectivity index (χ1v) is 15.1. The molecule has 6 rings (SSSR count). The number of rotatable bonds is 4. The first-order valence-electron chi connectivity index (χ1n) is 14.3. The lowest BCUT2D eigenvalue weighted by atomic mass is 9.74. The molecule has 2 aromatic carbocycles. The topological polar surface area (TPSA) is 87.2 Å². The summed E-state index contributed by atoms with van der Waals surface area (Å²) in [6.45, 7) is 6.23. The maximum atomic E-state index is 14.9. The molecular formula is C33H36N2O5S. The lowest BCUT2D eigenvalue weighted by molar-refractivity contribution is -0.154. The number of thioether (sulfide) groups is 1. The lowest BCUT2D eigenvalue weighted by Crippen LogP contribution is -2.55. The molecule has 4 heterocycles. The predicted molar refractivity (Wildman–Crippen MR) is 159 cm³/mol. The van der Waals surface area contributed by atoms with E-state index in [-0.39, 0.29) is 18.4 Å². The third-order valence-electron chi connectivity index (χ3n) is 9.09. The Labute approximate surface area is 245 Å². The van der Waals surface area contributed by atoms with Crippen LogP contribution in [0.2, 0.25) is 0 Å². The van der Waals surface area contributed by atoms with Gasteiger partial charge in [0.05, 0.1) is 35.8 Å². The summed E-state index contributed by atoms with van der Waals surface area (Å²) in [5, 5.41) is 10.7. The summed E-state index contributed by atoms with van der Waals surface area (Å²) >= 11 is 1.52. The quantitative estimate of drug-likeness (QED) is 0.428. The van der Waals surface area contributed by atoms with E-state index in [2.05, 4.69) is 6.08 Å². The highest BCUT2D eigenvalue weighted by Crippen LogP contribution is 2.66. The largest absolute Gasteiger partial charge is 0.465 e. The molecule has 214 valence electrons. The van der Waals surface area contributed by atoms with E-state index in [0.29, 0.717) is 13.2 Å². The Morgan fingerprint density at radius 3 is 2.41 bits per heavy atom. The number of cyclic esters (lactones) is 1. The molecule has 1 spiro atoms. The fraction of sp³-hybridized carbons (Fsp3) is 0.424. The maximum absolute atomic E-state index is 14.9. The molecule has 1 unspecified atom stereocenters. The van der Waals surface area contributed by atoms with Crippen LogP contribution < -0.4 is 4.90 Å². The van der Waals surface area contributed by atoms with Crippen LogP contribution in [0.4, 0.5) is 5.69 Å². The van der Waals surface area contributed by atoms with Gasteiger partial charge in [-0.1, -0.05) is 72.8 Å². The second kappa shape index (κ2) is 10.5. The maximum Gasteiger partial charge on any atom is 0.311 e. The van der Waals surface area contributed by atoms with Gasteiger partial charge in [0.2, 0.25) is 5.91 Å². The number of carbonyl (C=O) groups is 3. The van der Waals surface area contributed by atoms with Gasteiger partial charge in [0.1, 0.15) is 6.04 Å². The number of aryl methyl sites for hydroxylation is 2. The Bertz CT molecular complexity index is 1420. The van der Waals surface area contributed by atoms with E-state index in [4.69, 9.17) is 4.74 Å². The van der Waals surface area contributed by atoms with Gasteiger partial charge in [0.15, 0.2) is 0 Å². The van der Waals surface area contributed by atoms with E-state index in [1.165, 1.54) is 11.8 Å². The molecule has 4 aliphatic heterocycles. The summed E-state index contributed by atoms with van der Waals surface area (Å²) in [6, 6.07) is 13.6. The van der Waals surface area contributed by atoms with E-state index in [0.717, 1.165) is 35.2 Å². The zero-order chi connectivity index (χ0) is 28.9. The molecule has 8 heteroatoms. The molecule has 2 amide bonds. The van der Waals surface area contributed by atoms with Gasteiger partial charge in [0.25, 0.3) is 5.91 Å². The minimum atomic E-state index is -1.02. The number of anilines is 1. The number of benzene rings is 2. The molecule has 0 radical (unpaired) electrons. The summed E-state index contributed by atoms with van der Waals surface area (Å²) in [7, 11) is 0. The van der Waals surface area contributed by atoms with Crippen molar-refractivity contribution < 1.29 is 24.2 Å². The number of aliphatic hydroxyl groups is 1.